The molecule has 1 atom stereocenters. The van der Waals surface area contributed by atoms with Gasteiger partial charge in [-0.2, -0.15) is 13.2 Å². The van der Waals surface area contributed by atoms with Gasteiger partial charge in [0, 0.05) is 43.4 Å². The number of hydrogen-bond donors (Lipinski definition) is 0. The average molecular weight is 525 g/mol. The zero-order valence-electron chi connectivity index (χ0n) is 20.6. The molecule has 38 heavy (non-hydrogen) atoms. The number of Topliss-reactive ketones (excluding diaryl/α,β-unsaturated/α-hetero) is 2. The Kier molecular flexibility index (Phi) is 8.55. The molecule has 0 N–H and O–H groups in total. The highest BCUT2D eigenvalue weighted by atomic mass is 19.4. The maximum atomic E-state index is 13.4. The second-order valence-electron chi connectivity index (χ2n) is 9.25. The largest absolute Gasteiger partial charge is 0.445 e. The van der Waals surface area contributed by atoms with Crippen molar-refractivity contribution in [2.45, 2.75) is 38.0 Å². The standard InChI is InChI=1S/C29H27F3N2O4/c30-29(31,32)24-8-4-7-23(17-24)25(27(36)22-9-13-33-14-10-22)18-26(35)21-11-15-34(16-12-21)28(37)38-19-20-5-2-1-3-6-20/h1-10,13-14,17,21,25H,11-12,15-16,18-19H2. The molecule has 2 heterocycles. The highest BCUT2D eigenvalue weighted by Crippen LogP contribution is 2.34. The number of aromatic nitrogens is 1. The number of pyridine rings is 1. The van der Waals surface area contributed by atoms with Crippen LogP contribution in [0.15, 0.2) is 79.1 Å². The summed E-state index contributed by atoms with van der Waals surface area (Å²) in [6.45, 7) is 0.779. The fourth-order valence-electron chi connectivity index (χ4n) is 4.57. The lowest BCUT2D eigenvalue weighted by Gasteiger charge is -2.31. The summed E-state index contributed by atoms with van der Waals surface area (Å²) in [5, 5.41) is 0. The number of benzene rings is 2. The van der Waals surface area contributed by atoms with Crippen molar-refractivity contribution in [1.82, 2.24) is 9.88 Å². The zero-order chi connectivity index (χ0) is 27.1. The molecule has 1 aliphatic heterocycles. The predicted octanol–water partition coefficient (Wildman–Crippen LogP) is 6.07. The van der Waals surface area contributed by atoms with E-state index in [9.17, 15) is 27.6 Å². The minimum atomic E-state index is -4.58. The fourth-order valence-corrected chi connectivity index (χ4v) is 4.57. The molecule has 0 radical (unpaired) electrons. The third-order valence-corrected chi connectivity index (χ3v) is 6.72. The SMILES string of the molecule is O=C(CC(C(=O)c1ccncc1)c1cccc(C(F)(F)F)c1)C1CCN(C(=O)OCc2ccccc2)CC1. The van der Waals surface area contributed by atoms with Gasteiger partial charge in [0.15, 0.2) is 5.78 Å². The lowest BCUT2D eigenvalue weighted by atomic mass is 9.81. The molecule has 6 nitrogen and oxygen atoms in total. The maximum Gasteiger partial charge on any atom is 0.416 e. The van der Waals surface area contributed by atoms with Crippen molar-refractivity contribution in [2.24, 2.45) is 5.92 Å². The number of ketones is 2. The molecule has 1 unspecified atom stereocenters. The lowest BCUT2D eigenvalue weighted by molar-refractivity contribution is -0.137. The van der Waals surface area contributed by atoms with E-state index in [1.165, 1.54) is 36.7 Å². The zero-order valence-corrected chi connectivity index (χ0v) is 20.6. The lowest BCUT2D eigenvalue weighted by Crippen LogP contribution is -2.40. The van der Waals surface area contributed by atoms with Crippen molar-refractivity contribution in [3.8, 4) is 0 Å². The van der Waals surface area contributed by atoms with Gasteiger partial charge in [-0.1, -0.05) is 48.5 Å². The summed E-state index contributed by atoms with van der Waals surface area (Å²) in [6.07, 6.45) is -1.65. The van der Waals surface area contributed by atoms with Crippen molar-refractivity contribution < 1.29 is 32.3 Å². The summed E-state index contributed by atoms with van der Waals surface area (Å²) in [5.41, 5.74) is 0.394. The Bertz CT molecular complexity index is 1260. The summed E-state index contributed by atoms with van der Waals surface area (Å²) >= 11 is 0. The van der Waals surface area contributed by atoms with Crippen molar-refractivity contribution in [3.05, 3.63) is 101 Å². The first-order valence-corrected chi connectivity index (χ1v) is 12.3. The third kappa shape index (κ3) is 6.85. The molecule has 0 aliphatic carbocycles. The van der Waals surface area contributed by atoms with Gasteiger partial charge in [-0.15, -0.1) is 0 Å². The van der Waals surface area contributed by atoms with E-state index >= 15 is 0 Å². The van der Waals surface area contributed by atoms with Crippen molar-refractivity contribution in [1.29, 1.82) is 0 Å². The molecule has 0 saturated carbocycles. The number of likely N-dealkylation sites (tertiary alicyclic amines) is 1. The number of ether oxygens (including phenoxy) is 1. The van der Waals surface area contributed by atoms with Gasteiger partial charge in [-0.25, -0.2) is 4.79 Å². The second kappa shape index (κ2) is 12.0. The van der Waals surface area contributed by atoms with Crippen LogP contribution in [0.5, 0.6) is 0 Å². The Hall–Kier alpha value is -4.01. The van der Waals surface area contributed by atoms with E-state index in [2.05, 4.69) is 4.98 Å². The van der Waals surface area contributed by atoms with Crippen molar-refractivity contribution in [2.75, 3.05) is 13.1 Å². The average Bonchev–Trinajstić information content (AvgIpc) is 2.95. The smallest absolute Gasteiger partial charge is 0.416 e. The summed E-state index contributed by atoms with van der Waals surface area (Å²) in [5.74, 6) is -2.14. The molecule has 1 fully saturated rings. The quantitative estimate of drug-likeness (QED) is 0.334. The third-order valence-electron chi connectivity index (χ3n) is 6.72. The highest BCUT2D eigenvalue weighted by Gasteiger charge is 2.34. The van der Waals surface area contributed by atoms with E-state index in [0.717, 1.165) is 17.7 Å². The molecule has 1 amide bonds. The molecule has 1 aromatic heterocycles. The predicted molar refractivity (Wildman–Crippen MR) is 133 cm³/mol. The minimum Gasteiger partial charge on any atom is -0.445 e. The van der Waals surface area contributed by atoms with Crippen LogP contribution in [0.4, 0.5) is 18.0 Å². The van der Waals surface area contributed by atoms with Crippen LogP contribution >= 0.6 is 0 Å². The van der Waals surface area contributed by atoms with Gasteiger partial charge in [0.25, 0.3) is 0 Å². The van der Waals surface area contributed by atoms with Crippen molar-refractivity contribution >= 4 is 17.7 Å². The number of alkyl halides is 3. The van der Waals surface area contributed by atoms with Crippen LogP contribution in [0, 0.1) is 5.92 Å². The normalized spacial score (nSPS) is 15.1. The molecular formula is C29H27F3N2O4. The van der Waals surface area contributed by atoms with Gasteiger partial charge in [-0.05, 0) is 42.2 Å². The topological polar surface area (TPSA) is 76.6 Å². The van der Waals surface area contributed by atoms with Gasteiger partial charge in [0.2, 0.25) is 0 Å². The Balaban J connectivity index is 1.42. The Morgan fingerprint density at radius 1 is 0.947 bits per heavy atom. The Labute approximate surface area is 218 Å². The number of rotatable bonds is 8. The van der Waals surface area contributed by atoms with Crippen LogP contribution in [-0.4, -0.2) is 40.6 Å². The molecule has 2 aromatic carbocycles. The summed E-state index contributed by atoms with van der Waals surface area (Å²) in [6, 6.07) is 16.8. The highest BCUT2D eigenvalue weighted by molar-refractivity contribution is 6.03. The molecule has 1 aliphatic rings. The molecule has 4 rings (SSSR count). The first kappa shape index (κ1) is 27.0. The van der Waals surface area contributed by atoms with E-state index in [1.54, 1.807) is 4.90 Å². The van der Waals surface area contributed by atoms with E-state index in [-0.39, 0.29) is 29.9 Å². The number of carbonyl (C=O) groups is 3. The molecule has 1 saturated heterocycles. The van der Waals surface area contributed by atoms with Gasteiger partial charge in [0.05, 0.1) is 11.5 Å². The van der Waals surface area contributed by atoms with E-state index in [1.807, 2.05) is 30.3 Å². The van der Waals surface area contributed by atoms with Crippen LogP contribution in [0.25, 0.3) is 0 Å². The van der Waals surface area contributed by atoms with E-state index in [0.29, 0.717) is 25.9 Å². The van der Waals surface area contributed by atoms with Crippen LogP contribution in [-0.2, 0) is 22.3 Å². The molecule has 0 bridgehead atoms. The molecule has 198 valence electrons. The summed E-state index contributed by atoms with van der Waals surface area (Å²) in [7, 11) is 0. The first-order chi connectivity index (χ1) is 18.2. The van der Waals surface area contributed by atoms with Crippen LogP contribution < -0.4 is 0 Å². The first-order valence-electron chi connectivity index (χ1n) is 12.3. The van der Waals surface area contributed by atoms with Gasteiger partial charge in [0.1, 0.15) is 12.4 Å². The number of piperidine rings is 1. The molecule has 0 spiro atoms. The van der Waals surface area contributed by atoms with Crippen molar-refractivity contribution in [3.63, 3.8) is 0 Å². The molecule has 9 heteroatoms. The van der Waals surface area contributed by atoms with Gasteiger partial charge in [-0.3, -0.25) is 14.6 Å². The molecular weight excluding hydrogens is 497 g/mol. The van der Waals surface area contributed by atoms with Crippen LogP contribution in [0.1, 0.15) is 52.2 Å². The number of hydrogen-bond acceptors (Lipinski definition) is 5. The number of halogens is 3. The van der Waals surface area contributed by atoms with Crippen LogP contribution in [0.3, 0.4) is 0 Å². The summed E-state index contributed by atoms with van der Waals surface area (Å²) in [4.78, 5) is 44.5. The van der Waals surface area contributed by atoms with Gasteiger partial charge >= 0.3 is 12.3 Å². The number of nitrogens with zero attached hydrogens (tertiary/aromatic N) is 2. The van der Waals surface area contributed by atoms with Gasteiger partial charge < -0.3 is 9.64 Å². The molecule has 3 aromatic rings. The van der Waals surface area contributed by atoms with Crippen LogP contribution in [0.2, 0.25) is 0 Å². The number of carbonyl (C=O) groups excluding carboxylic acids is 3. The maximum absolute atomic E-state index is 13.4. The fraction of sp³-hybridized carbons (Fsp3) is 0.310. The van der Waals surface area contributed by atoms with E-state index < -0.39 is 35.5 Å². The second-order valence-corrected chi connectivity index (χ2v) is 9.25. The minimum absolute atomic E-state index is 0.136. The Morgan fingerprint density at radius 2 is 1.63 bits per heavy atom. The van der Waals surface area contributed by atoms with E-state index in [4.69, 9.17) is 4.74 Å². The summed E-state index contributed by atoms with van der Waals surface area (Å²) < 4.78 is 45.4. The Morgan fingerprint density at radius 3 is 2.29 bits per heavy atom. The monoisotopic (exact) mass is 524 g/mol. The number of amides is 1.